The minimum absolute atomic E-state index is 0.0609. The Kier molecular flexibility index (Phi) is 5.63. The van der Waals surface area contributed by atoms with Crippen molar-refractivity contribution in [2.75, 3.05) is 7.11 Å². The molecule has 6 nitrogen and oxygen atoms in total. The Morgan fingerprint density at radius 3 is 2.15 bits per heavy atom. The SMILES string of the molecule is COC(=O)[C@]12CCC(C)(C)C[C@H]1[C@@]1(/C=C\[C@@]34O[C@]3(C)CC[C@H]3C(C)(C)[C@@H](OC(C)=O)CC[C@@]34C)O[C@@]1(C)CC2. The maximum Gasteiger partial charge on any atom is 0.312 e. The van der Waals surface area contributed by atoms with Crippen molar-refractivity contribution in [1.82, 2.24) is 0 Å². The van der Waals surface area contributed by atoms with Gasteiger partial charge in [-0.3, -0.25) is 9.59 Å². The number of carbonyl (C=O) groups excluding carboxylic acids is 2. The Hall–Kier alpha value is -1.40. The zero-order valence-electron chi connectivity index (χ0n) is 25.7. The molecule has 218 valence electrons. The molecular weight excluding hydrogens is 492 g/mol. The maximum atomic E-state index is 13.4. The Morgan fingerprint density at radius 1 is 0.795 bits per heavy atom. The number of methoxy groups -OCH3 is 1. The minimum Gasteiger partial charge on any atom is -0.469 e. The molecule has 0 N–H and O–H groups in total. The van der Waals surface area contributed by atoms with Gasteiger partial charge in [0.05, 0.1) is 23.7 Å². The average molecular weight is 543 g/mol. The van der Waals surface area contributed by atoms with Gasteiger partial charge in [0.25, 0.3) is 0 Å². The van der Waals surface area contributed by atoms with Crippen LogP contribution >= 0.6 is 0 Å². The second-order valence-corrected chi connectivity index (χ2v) is 16.1. The first-order valence-corrected chi connectivity index (χ1v) is 15.3. The molecule has 0 aromatic heterocycles. The second kappa shape index (κ2) is 7.91. The molecule has 4 aliphatic carbocycles. The van der Waals surface area contributed by atoms with Crippen molar-refractivity contribution in [2.24, 2.45) is 33.5 Å². The molecule has 9 atom stereocenters. The fourth-order valence-electron chi connectivity index (χ4n) is 10.7. The van der Waals surface area contributed by atoms with Crippen molar-refractivity contribution in [3.05, 3.63) is 12.2 Å². The number of rotatable bonds is 4. The van der Waals surface area contributed by atoms with Crippen LogP contribution in [-0.2, 0) is 28.5 Å². The summed E-state index contributed by atoms with van der Waals surface area (Å²) in [7, 11) is 1.54. The second-order valence-electron chi connectivity index (χ2n) is 16.1. The van der Waals surface area contributed by atoms with Gasteiger partial charge in [-0.2, -0.15) is 0 Å². The van der Waals surface area contributed by atoms with E-state index in [0.717, 1.165) is 57.8 Å². The molecule has 6 heteroatoms. The van der Waals surface area contributed by atoms with Crippen molar-refractivity contribution in [2.45, 2.75) is 142 Å². The zero-order chi connectivity index (χ0) is 28.5. The van der Waals surface area contributed by atoms with E-state index >= 15 is 0 Å². The molecule has 4 saturated carbocycles. The Labute approximate surface area is 234 Å². The van der Waals surface area contributed by atoms with E-state index < -0.39 is 16.6 Å². The predicted octanol–water partition coefficient (Wildman–Crippen LogP) is 6.55. The minimum atomic E-state index is -0.487. The van der Waals surface area contributed by atoms with Crippen molar-refractivity contribution in [1.29, 1.82) is 0 Å². The molecule has 39 heavy (non-hydrogen) atoms. The smallest absolute Gasteiger partial charge is 0.312 e. The first-order valence-electron chi connectivity index (χ1n) is 15.3. The summed E-state index contributed by atoms with van der Waals surface area (Å²) in [5.74, 6) is 0.192. The van der Waals surface area contributed by atoms with Gasteiger partial charge in [0.1, 0.15) is 17.3 Å². The van der Waals surface area contributed by atoms with E-state index in [9.17, 15) is 9.59 Å². The van der Waals surface area contributed by atoms with Gasteiger partial charge in [0.15, 0.2) is 0 Å². The Morgan fingerprint density at radius 2 is 1.49 bits per heavy atom. The Balaban J connectivity index is 1.38. The molecule has 2 heterocycles. The lowest BCUT2D eigenvalue weighted by atomic mass is 9.45. The molecular formula is C33H50O6. The van der Waals surface area contributed by atoms with E-state index in [1.165, 1.54) is 14.0 Å². The van der Waals surface area contributed by atoms with Crippen molar-refractivity contribution >= 4 is 11.9 Å². The molecule has 6 aliphatic rings. The lowest BCUT2D eigenvalue weighted by Crippen LogP contribution is -2.60. The van der Waals surface area contributed by atoms with Crippen LogP contribution in [0.3, 0.4) is 0 Å². The normalized spacial score (nSPS) is 52.5. The molecule has 0 bridgehead atoms. The van der Waals surface area contributed by atoms with Gasteiger partial charge in [0.2, 0.25) is 0 Å². The highest BCUT2D eigenvalue weighted by Crippen LogP contribution is 2.75. The summed E-state index contributed by atoms with van der Waals surface area (Å²) in [5.41, 5.74) is -1.91. The van der Waals surface area contributed by atoms with Crippen molar-refractivity contribution in [3.63, 3.8) is 0 Å². The summed E-state index contributed by atoms with van der Waals surface area (Å²) in [6.07, 6.45) is 13.0. The summed E-state index contributed by atoms with van der Waals surface area (Å²) in [4.78, 5) is 25.4. The number of hydrogen-bond donors (Lipinski definition) is 0. The molecule has 0 radical (unpaired) electrons. The molecule has 0 aromatic rings. The summed E-state index contributed by atoms with van der Waals surface area (Å²) in [6, 6.07) is 0. The molecule has 0 spiro atoms. The molecule has 2 aliphatic heterocycles. The average Bonchev–Trinajstić information content (AvgIpc) is 3.69. The highest BCUT2D eigenvalue weighted by atomic mass is 16.6. The zero-order valence-corrected chi connectivity index (χ0v) is 25.7. The quantitative estimate of drug-likeness (QED) is 0.228. The monoisotopic (exact) mass is 542 g/mol. The maximum absolute atomic E-state index is 13.4. The lowest BCUT2D eigenvalue weighted by molar-refractivity contribution is -0.174. The molecule has 0 amide bonds. The van der Waals surface area contributed by atoms with Gasteiger partial charge in [-0.25, -0.2) is 0 Å². The van der Waals surface area contributed by atoms with E-state index in [2.05, 4.69) is 60.6 Å². The van der Waals surface area contributed by atoms with Gasteiger partial charge in [-0.1, -0.05) is 46.8 Å². The molecule has 2 saturated heterocycles. The van der Waals surface area contributed by atoms with E-state index in [1.807, 2.05) is 0 Å². The standard InChI is InChI=1S/C33H50O6/c1-21(34)37-24-11-12-28(6)22(27(24,4)5)10-13-30(8)33(28,39-30)19-18-32-23-20-26(2,3)14-16-31(23,25(35)36-9)17-15-29(32,7)38-32/h18-19,22-24H,10-17,20H2,1-9H3/b19-18-/t22-,23+,24-,28-,29-,30+,31-,32+,33-/m0/s1. The van der Waals surface area contributed by atoms with E-state index in [-0.39, 0.29) is 51.4 Å². The van der Waals surface area contributed by atoms with Crippen LogP contribution in [-0.4, -0.2) is 47.6 Å². The van der Waals surface area contributed by atoms with Crippen molar-refractivity contribution in [3.8, 4) is 0 Å². The number of fused-ring (bicyclic) bond motifs is 6. The third-order valence-electron chi connectivity index (χ3n) is 13.2. The van der Waals surface area contributed by atoms with Gasteiger partial charge in [-0.05, 0) is 83.0 Å². The third-order valence-corrected chi connectivity index (χ3v) is 13.2. The highest BCUT2D eigenvalue weighted by molar-refractivity contribution is 5.78. The fraction of sp³-hybridized carbons (Fsp3) is 0.879. The largest absolute Gasteiger partial charge is 0.469 e. The third kappa shape index (κ3) is 3.40. The van der Waals surface area contributed by atoms with E-state index in [1.54, 1.807) is 0 Å². The number of esters is 2. The molecule has 0 unspecified atom stereocenters. The first-order chi connectivity index (χ1) is 18.0. The fourth-order valence-corrected chi connectivity index (χ4v) is 10.7. The number of hydrogen-bond acceptors (Lipinski definition) is 6. The number of carbonyl (C=O) groups is 2. The van der Waals surface area contributed by atoms with Gasteiger partial charge >= 0.3 is 11.9 Å². The number of ether oxygens (including phenoxy) is 4. The summed E-state index contributed by atoms with van der Waals surface area (Å²) in [6.45, 7) is 17.7. The van der Waals surface area contributed by atoms with Gasteiger partial charge in [-0.15, -0.1) is 0 Å². The van der Waals surface area contributed by atoms with Crippen molar-refractivity contribution < 1.29 is 28.5 Å². The summed E-state index contributed by atoms with van der Waals surface area (Å²) >= 11 is 0. The van der Waals surface area contributed by atoms with Gasteiger partial charge in [0, 0.05) is 23.7 Å². The van der Waals surface area contributed by atoms with Crippen LogP contribution in [0.1, 0.15) is 113 Å². The van der Waals surface area contributed by atoms with E-state index in [0.29, 0.717) is 5.92 Å². The summed E-state index contributed by atoms with van der Waals surface area (Å²) in [5, 5.41) is 0. The predicted molar refractivity (Wildman–Crippen MR) is 148 cm³/mol. The van der Waals surface area contributed by atoms with Crippen LogP contribution in [0, 0.1) is 33.5 Å². The highest BCUT2D eigenvalue weighted by Gasteiger charge is 2.81. The van der Waals surface area contributed by atoms with Crippen LogP contribution in [0.25, 0.3) is 0 Å². The molecule has 6 rings (SSSR count). The first kappa shape index (κ1) is 27.8. The van der Waals surface area contributed by atoms with Gasteiger partial charge < -0.3 is 18.9 Å². The van der Waals surface area contributed by atoms with Crippen LogP contribution in [0.15, 0.2) is 12.2 Å². The van der Waals surface area contributed by atoms with E-state index in [4.69, 9.17) is 18.9 Å². The van der Waals surface area contributed by atoms with Crippen LogP contribution in [0.5, 0.6) is 0 Å². The lowest BCUT2D eigenvalue weighted by Gasteiger charge is -2.58. The topological polar surface area (TPSA) is 77.7 Å². The number of epoxide rings is 2. The molecule has 6 fully saturated rings. The van der Waals surface area contributed by atoms with Crippen LogP contribution in [0.4, 0.5) is 0 Å². The van der Waals surface area contributed by atoms with Crippen LogP contribution < -0.4 is 0 Å². The molecule has 0 aromatic carbocycles. The summed E-state index contributed by atoms with van der Waals surface area (Å²) < 4.78 is 25.0. The Bertz CT molecular complexity index is 1130. The van der Waals surface area contributed by atoms with Crippen LogP contribution in [0.2, 0.25) is 0 Å².